The molecule has 19 heavy (non-hydrogen) atoms. The number of benzene rings is 2. The molecule has 2 aromatic carbocycles. The lowest BCUT2D eigenvalue weighted by Crippen LogP contribution is -2.08. The van der Waals surface area contributed by atoms with Crippen molar-refractivity contribution in [1.82, 2.24) is 0 Å². The van der Waals surface area contributed by atoms with E-state index in [2.05, 4.69) is 0 Å². The highest BCUT2D eigenvalue weighted by atomic mass is 35.5. The molecule has 0 atom stereocenters. The number of thiocarbonyl (C=S) groups is 1. The fourth-order valence-electron chi connectivity index (χ4n) is 1.67. The first kappa shape index (κ1) is 13.8. The van der Waals surface area contributed by atoms with Crippen LogP contribution in [-0.4, -0.2) is 4.99 Å². The molecule has 2 aromatic rings. The van der Waals surface area contributed by atoms with Gasteiger partial charge in [0.2, 0.25) is 0 Å². The van der Waals surface area contributed by atoms with Crippen LogP contribution in [0.25, 0.3) is 0 Å². The molecular formula is C15H14ClNOS. The standard InChI is InChI=1S/C15H14ClNOS/c1-9-3-4-10(2)14(7-9)18-13-6-5-11(15(17)19)8-12(13)16/h3-8H,1-2H3,(H2,17,19). The molecule has 0 aliphatic rings. The molecule has 2 nitrogen and oxygen atoms in total. The maximum atomic E-state index is 6.18. The van der Waals surface area contributed by atoms with Crippen LogP contribution < -0.4 is 10.5 Å². The third-order valence-electron chi connectivity index (χ3n) is 2.78. The molecule has 0 saturated heterocycles. The summed E-state index contributed by atoms with van der Waals surface area (Å²) in [6.45, 7) is 4.01. The summed E-state index contributed by atoms with van der Waals surface area (Å²) < 4.78 is 5.84. The molecule has 0 saturated carbocycles. The Morgan fingerprint density at radius 3 is 2.47 bits per heavy atom. The van der Waals surface area contributed by atoms with E-state index in [4.69, 9.17) is 34.3 Å². The molecule has 2 rings (SSSR count). The number of ether oxygens (including phenoxy) is 1. The van der Waals surface area contributed by atoms with Crippen molar-refractivity contribution in [2.24, 2.45) is 5.73 Å². The molecule has 0 fully saturated rings. The fraction of sp³-hybridized carbons (Fsp3) is 0.133. The van der Waals surface area contributed by atoms with Gasteiger partial charge in [-0.1, -0.05) is 36.0 Å². The largest absolute Gasteiger partial charge is 0.456 e. The summed E-state index contributed by atoms with van der Waals surface area (Å²) in [7, 11) is 0. The van der Waals surface area contributed by atoms with E-state index >= 15 is 0 Å². The Labute approximate surface area is 123 Å². The lowest BCUT2D eigenvalue weighted by atomic mass is 10.1. The first-order chi connectivity index (χ1) is 8.97. The monoisotopic (exact) mass is 291 g/mol. The number of nitrogens with two attached hydrogens (primary N) is 1. The fourth-order valence-corrected chi connectivity index (χ4v) is 2.02. The van der Waals surface area contributed by atoms with E-state index in [-0.39, 0.29) is 0 Å². The zero-order valence-electron chi connectivity index (χ0n) is 10.7. The zero-order chi connectivity index (χ0) is 14.0. The summed E-state index contributed by atoms with van der Waals surface area (Å²) in [6, 6.07) is 11.3. The van der Waals surface area contributed by atoms with Crippen LogP contribution in [0, 0.1) is 13.8 Å². The van der Waals surface area contributed by atoms with Gasteiger partial charge in [-0.25, -0.2) is 0 Å². The molecule has 0 unspecified atom stereocenters. The molecule has 98 valence electrons. The molecule has 0 bridgehead atoms. The maximum Gasteiger partial charge on any atom is 0.146 e. The predicted molar refractivity (Wildman–Crippen MR) is 83.3 cm³/mol. The van der Waals surface area contributed by atoms with Gasteiger partial charge in [0.25, 0.3) is 0 Å². The molecule has 0 radical (unpaired) electrons. The number of hydrogen-bond acceptors (Lipinski definition) is 2. The van der Waals surface area contributed by atoms with E-state index < -0.39 is 0 Å². The minimum Gasteiger partial charge on any atom is -0.456 e. The Bertz CT molecular complexity index is 640. The van der Waals surface area contributed by atoms with Crippen LogP contribution in [0.4, 0.5) is 0 Å². The summed E-state index contributed by atoms with van der Waals surface area (Å²) in [6.07, 6.45) is 0. The van der Waals surface area contributed by atoms with Gasteiger partial charge in [-0.3, -0.25) is 0 Å². The Balaban J connectivity index is 2.33. The highest BCUT2D eigenvalue weighted by Gasteiger charge is 2.07. The van der Waals surface area contributed by atoms with Crippen LogP contribution in [0.5, 0.6) is 11.5 Å². The van der Waals surface area contributed by atoms with Crippen molar-refractivity contribution in [3.8, 4) is 11.5 Å². The third kappa shape index (κ3) is 3.25. The number of aryl methyl sites for hydroxylation is 2. The SMILES string of the molecule is Cc1ccc(C)c(Oc2ccc(C(N)=S)cc2Cl)c1. The highest BCUT2D eigenvalue weighted by Crippen LogP contribution is 2.32. The van der Waals surface area contributed by atoms with Gasteiger partial charge in [0.1, 0.15) is 16.5 Å². The quantitative estimate of drug-likeness (QED) is 0.852. The normalized spacial score (nSPS) is 10.3. The van der Waals surface area contributed by atoms with E-state index in [1.54, 1.807) is 18.2 Å². The van der Waals surface area contributed by atoms with Gasteiger partial charge in [-0.15, -0.1) is 0 Å². The van der Waals surface area contributed by atoms with Crippen molar-refractivity contribution < 1.29 is 4.74 Å². The minimum absolute atomic E-state index is 0.320. The van der Waals surface area contributed by atoms with Gasteiger partial charge in [0.05, 0.1) is 5.02 Å². The average Bonchev–Trinajstić information content (AvgIpc) is 2.36. The third-order valence-corrected chi connectivity index (χ3v) is 3.31. The highest BCUT2D eigenvalue weighted by molar-refractivity contribution is 7.80. The summed E-state index contributed by atoms with van der Waals surface area (Å²) >= 11 is 11.1. The van der Waals surface area contributed by atoms with Crippen molar-refractivity contribution in [3.63, 3.8) is 0 Å². The molecule has 0 aliphatic carbocycles. The number of rotatable bonds is 3. The van der Waals surface area contributed by atoms with E-state index in [0.717, 1.165) is 22.4 Å². The van der Waals surface area contributed by atoms with Crippen molar-refractivity contribution in [3.05, 3.63) is 58.1 Å². The average molecular weight is 292 g/mol. The van der Waals surface area contributed by atoms with Gasteiger partial charge in [0.15, 0.2) is 0 Å². The van der Waals surface area contributed by atoms with Gasteiger partial charge < -0.3 is 10.5 Å². The minimum atomic E-state index is 0.320. The predicted octanol–water partition coefficient (Wildman–Crippen LogP) is 4.38. The summed E-state index contributed by atoms with van der Waals surface area (Å²) in [4.78, 5) is 0.320. The molecule has 0 amide bonds. The second kappa shape index (κ2) is 5.59. The van der Waals surface area contributed by atoms with Crippen LogP contribution >= 0.6 is 23.8 Å². The van der Waals surface area contributed by atoms with Gasteiger partial charge in [-0.2, -0.15) is 0 Å². The molecule has 0 spiro atoms. The molecule has 0 aromatic heterocycles. The number of halogens is 1. The second-order valence-corrected chi connectivity index (χ2v) is 5.23. The first-order valence-corrected chi connectivity index (χ1v) is 6.60. The van der Waals surface area contributed by atoms with Crippen molar-refractivity contribution >= 4 is 28.8 Å². The van der Waals surface area contributed by atoms with E-state index in [0.29, 0.717) is 15.8 Å². The Morgan fingerprint density at radius 2 is 1.84 bits per heavy atom. The van der Waals surface area contributed by atoms with Crippen LogP contribution in [-0.2, 0) is 0 Å². The van der Waals surface area contributed by atoms with Crippen LogP contribution in [0.15, 0.2) is 36.4 Å². The Morgan fingerprint density at radius 1 is 1.11 bits per heavy atom. The van der Waals surface area contributed by atoms with Crippen molar-refractivity contribution in [2.75, 3.05) is 0 Å². The van der Waals surface area contributed by atoms with Crippen LogP contribution in [0.3, 0.4) is 0 Å². The van der Waals surface area contributed by atoms with Crippen molar-refractivity contribution in [2.45, 2.75) is 13.8 Å². The maximum absolute atomic E-state index is 6.18. The topological polar surface area (TPSA) is 35.2 Å². The lowest BCUT2D eigenvalue weighted by molar-refractivity contribution is 0.478. The van der Waals surface area contributed by atoms with Gasteiger partial charge in [-0.05, 0) is 49.2 Å². The van der Waals surface area contributed by atoms with Gasteiger partial charge >= 0.3 is 0 Å². The number of hydrogen-bond donors (Lipinski definition) is 1. The van der Waals surface area contributed by atoms with Crippen molar-refractivity contribution in [1.29, 1.82) is 0 Å². The molecule has 4 heteroatoms. The van der Waals surface area contributed by atoms with Gasteiger partial charge in [0, 0.05) is 5.56 Å². The van der Waals surface area contributed by atoms with E-state index in [1.165, 1.54) is 0 Å². The smallest absolute Gasteiger partial charge is 0.146 e. The lowest BCUT2D eigenvalue weighted by Gasteiger charge is -2.11. The van der Waals surface area contributed by atoms with Crippen LogP contribution in [0.2, 0.25) is 5.02 Å². The van der Waals surface area contributed by atoms with E-state index in [9.17, 15) is 0 Å². The Hall–Kier alpha value is -1.58. The molecule has 2 N–H and O–H groups in total. The van der Waals surface area contributed by atoms with E-state index in [1.807, 2.05) is 32.0 Å². The summed E-state index contributed by atoms with van der Waals surface area (Å²) in [5.41, 5.74) is 8.48. The summed E-state index contributed by atoms with van der Waals surface area (Å²) in [5.74, 6) is 1.39. The second-order valence-electron chi connectivity index (χ2n) is 4.38. The summed E-state index contributed by atoms with van der Waals surface area (Å²) in [5, 5.41) is 0.492. The zero-order valence-corrected chi connectivity index (χ0v) is 12.3. The van der Waals surface area contributed by atoms with Crippen LogP contribution in [0.1, 0.15) is 16.7 Å². The molecule has 0 aliphatic heterocycles. The molecular weight excluding hydrogens is 278 g/mol. The molecule has 0 heterocycles. The first-order valence-electron chi connectivity index (χ1n) is 5.82. The Kier molecular flexibility index (Phi) is 4.08.